The second-order valence-corrected chi connectivity index (χ2v) is 1.81. The first-order valence-corrected chi connectivity index (χ1v) is 2.33. The zero-order valence-electron chi connectivity index (χ0n) is 4.10. The molecule has 0 heterocycles. The van der Waals surface area contributed by atoms with Crippen molar-refractivity contribution in [1.82, 2.24) is 5.32 Å². The minimum Gasteiger partial charge on any atom is -0.465 e. The first kappa shape index (κ1) is 5.34. The smallest absolute Gasteiger partial charge is 0.404 e. The van der Waals surface area contributed by atoms with E-state index in [-0.39, 0.29) is 0 Å². The van der Waals surface area contributed by atoms with Gasteiger partial charge < -0.3 is 10.4 Å². The van der Waals surface area contributed by atoms with Crippen LogP contribution in [-0.4, -0.2) is 23.4 Å². The summed E-state index contributed by atoms with van der Waals surface area (Å²) in [6.45, 7) is 0. The van der Waals surface area contributed by atoms with Crippen molar-refractivity contribution in [3.8, 4) is 0 Å². The van der Waals surface area contributed by atoms with Crippen LogP contribution >= 0.6 is 0 Å². The molecule has 1 unspecified atom stereocenters. The third-order valence-corrected chi connectivity index (χ3v) is 1.02. The highest BCUT2D eigenvalue weighted by molar-refractivity contribution is 5.65. The van der Waals surface area contributed by atoms with Crippen molar-refractivity contribution < 1.29 is 14.3 Å². The number of carbonyl (C=O) groups is 1. The molecule has 0 saturated heterocycles. The summed E-state index contributed by atoms with van der Waals surface area (Å²) in [5.41, 5.74) is 0. The van der Waals surface area contributed by atoms with Gasteiger partial charge in [0.2, 0.25) is 0 Å². The van der Waals surface area contributed by atoms with Gasteiger partial charge in [0.25, 0.3) is 0 Å². The summed E-state index contributed by atoms with van der Waals surface area (Å²) in [5.74, 6) is 0. The lowest BCUT2D eigenvalue weighted by Gasteiger charge is -1.91. The van der Waals surface area contributed by atoms with Gasteiger partial charge in [0.15, 0.2) is 0 Å². The van der Waals surface area contributed by atoms with Crippen molar-refractivity contribution in [2.45, 2.75) is 18.6 Å². The molecule has 3 nitrogen and oxygen atoms in total. The maximum Gasteiger partial charge on any atom is 0.404 e. The van der Waals surface area contributed by atoms with Gasteiger partial charge in [-0.1, -0.05) is 0 Å². The molecule has 1 aliphatic rings. The summed E-state index contributed by atoms with van der Waals surface area (Å²) in [6, 6.07) is -0.424. The Kier molecular flexibility index (Phi) is 1.08. The molecule has 1 amide bonds. The third kappa shape index (κ3) is 1.08. The molecule has 0 aliphatic heterocycles. The van der Waals surface area contributed by atoms with Crippen LogP contribution in [0.15, 0.2) is 0 Å². The van der Waals surface area contributed by atoms with E-state index in [1.165, 1.54) is 0 Å². The van der Waals surface area contributed by atoms with E-state index in [9.17, 15) is 9.18 Å². The number of nitrogens with one attached hydrogen (secondary N) is 1. The molecule has 8 heavy (non-hydrogen) atoms. The molecule has 0 aromatic rings. The molecule has 0 aromatic carbocycles. The largest absolute Gasteiger partial charge is 0.465 e. The van der Waals surface area contributed by atoms with Crippen molar-refractivity contribution in [1.29, 1.82) is 0 Å². The lowest BCUT2D eigenvalue weighted by atomic mass is 10.7. The molecule has 46 valence electrons. The van der Waals surface area contributed by atoms with Crippen LogP contribution in [0.1, 0.15) is 6.42 Å². The summed E-state index contributed by atoms with van der Waals surface area (Å²) >= 11 is 0. The molecule has 0 aromatic heterocycles. The Labute approximate surface area is 45.5 Å². The van der Waals surface area contributed by atoms with Crippen LogP contribution in [0.2, 0.25) is 0 Å². The molecule has 0 spiro atoms. The molecule has 0 radical (unpaired) electrons. The van der Waals surface area contributed by atoms with E-state index in [1.54, 1.807) is 0 Å². The molecule has 2 N–H and O–H groups in total. The fourth-order valence-corrected chi connectivity index (χ4v) is 0.472. The van der Waals surface area contributed by atoms with Crippen molar-refractivity contribution in [3.63, 3.8) is 0 Å². The van der Waals surface area contributed by atoms with Crippen molar-refractivity contribution in [3.05, 3.63) is 0 Å². The highest BCUT2D eigenvalue weighted by atomic mass is 19.1. The zero-order chi connectivity index (χ0) is 6.15. The van der Waals surface area contributed by atoms with Gasteiger partial charge in [-0.3, -0.25) is 0 Å². The Balaban J connectivity index is 2.14. The van der Waals surface area contributed by atoms with E-state index in [4.69, 9.17) is 5.11 Å². The summed E-state index contributed by atoms with van der Waals surface area (Å²) in [5, 5.41) is 9.97. The normalized spacial score (nSPS) is 34.1. The lowest BCUT2D eigenvalue weighted by Crippen LogP contribution is -2.24. The number of amides is 1. The van der Waals surface area contributed by atoms with Gasteiger partial charge >= 0.3 is 6.09 Å². The average molecular weight is 119 g/mol. The molecule has 2 atom stereocenters. The summed E-state index contributed by atoms with van der Waals surface area (Å²) in [6.07, 6.45) is -1.74. The standard InChI is InChI=1S/C4H6FNO2/c5-2-1-3(2)6-4(7)8/h2-3,6H,1H2,(H,7,8)/t2-,3?/m0/s1. The fraction of sp³-hybridized carbons (Fsp3) is 0.750. The predicted molar refractivity (Wildman–Crippen MR) is 24.5 cm³/mol. The number of hydrogen-bond acceptors (Lipinski definition) is 1. The molecule has 0 bridgehead atoms. The van der Waals surface area contributed by atoms with Crippen molar-refractivity contribution >= 4 is 6.09 Å². The summed E-state index contributed by atoms with van der Waals surface area (Å²) in [4.78, 5) is 9.72. The minimum absolute atomic E-state index is 0.340. The highest BCUT2D eigenvalue weighted by Crippen LogP contribution is 2.24. The third-order valence-electron chi connectivity index (χ3n) is 1.02. The van der Waals surface area contributed by atoms with Gasteiger partial charge in [-0.2, -0.15) is 0 Å². The van der Waals surface area contributed by atoms with Crippen molar-refractivity contribution in [2.75, 3.05) is 0 Å². The quantitative estimate of drug-likeness (QED) is 0.523. The van der Waals surface area contributed by atoms with Crippen LogP contribution in [0, 0.1) is 0 Å². The Morgan fingerprint density at radius 2 is 2.38 bits per heavy atom. The zero-order valence-corrected chi connectivity index (χ0v) is 4.10. The topological polar surface area (TPSA) is 49.3 Å². The molecule has 1 rings (SSSR count). The summed E-state index contributed by atoms with van der Waals surface area (Å²) in [7, 11) is 0. The van der Waals surface area contributed by atoms with Crippen LogP contribution in [0.3, 0.4) is 0 Å². The van der Waals surface area contributed by atoms with E-state index in [0.29, 0.717) is 6.42 Å². The number of alkyl halides is 1. The van der Waals surface area contributed by atoms with Crippen LogP contribution < -0.4 is 5.32 Å². The molecular formula is C4H6FNO2. The average Bonchev–Trinajstić information content (AvgIpc) is 2.17. The number of hydrogen-bond donors (Lipinski definition) is 2. The summed E-state index contributed by atoms with van der Waals surface area (Å²) < 4.78 is 11.8. The Bertz CT molecular complexity index is 117. The molecular weight excluding hydrogens is 113 g/mol. The Morgan fingerprint density at radius 3 is 2.50 bits per heavy atom. The van der Waals surface area contributed by atoms with Gasteiger partial charge in [-0.25, -0.2) is 9.18 Å². The number of halogens is 1. The molecule has 1 saturated carbocycles. The van der Waals surface area contributed by atoms with Gasteiger partial charge in [-0.15, -0.1) is 0 Å². The van der Waals surface area contributed by atoms with E-state index in [2.05, 4.69) is 0 Å². The van der Waals surface area contributed by atoms with Crippen molar-refractivity contribution in [2.24, 2.45) is 0 Å². The maximum atomic E-state index is 11.8. The van der Waals surface area contributed by atoms with Gasteiger partial charge in [0.1, 0.15) is 6.17 Å². The number of rotatable bonds is 1. The van der Waals surface area contributed by atoms with Gasteiger partial charge in [0.05, 0.1) is 6.04 Å². The molecule has 1 aliphatic carbocycles. The van der Waals surface area contributed by atoms with E-state index >= 15 is 0 Å². The molecule has 1 fully saturated rings. The van der Waals surface area contributed by atoms with Crippen LogP contribution in [-0.2, 0) is 0 Å². The Morgan fingerprint density at radius 1 is 1.88 bits per heavy atom. The monoisotopic (exact) mass is 119 g/mol. The van der Waals surface area contributed by atoms with Crippen LogP contribution in [0.25, 0.3) is 0 Å². The molecule has 4 heteroatoms. The first-order valence-electron chi connectivity index (χ1n) is 2.33. The number of carboxylic acid groups (broad SMARTS) is 1. The van der Waals surface area contributed by atoms with E-state index in [0.717, 1.165) is 0 Å². The SMILES string of the molecule is O=C(O)NC1C[C@@H]1F. The van der Waals surface area contributed by atoms with E-state index in [1.807, 2.05) is 5.32 Å². The van der Waals surface area contributed by atoms with Gasteiger partial charge in [0, 0.05) is 6.42 Å². The second-order valence-electron chi connectivity index (χ2n) is 1.81. The van der Waals surface area contributed by atoms with E-state index < -0.39 is 18.3 Å². The first-order chi connectivity index (χ1) is 3.70. The van der Waals surface area contributed by atoms with Crippen LogP contribution in [0.4, 0.5) is 9.18 Å². The second kappa shape index (κ2) is 1.61. The predicted octanol–water partition coefficient (Wildman–Crippen LogP) is 0.364. The highest BCUT2D eigenvalue weighted by Gasteiger charge is 2.38. The van der Waals surface area contributed by atoms with Gasteiger partial charge in [-0.05, 0) is 0 Å². The fourth-order valence-electron chi connectivity index (χ4n) is 0.472. The van der Waals surface area contributed by atoms with Crippen LogP contribution in [0.5, 0.6) is 0 Å². The minimum atomic E-state index is -1.14. The maximum absolute atomic E-state index is 11.8. The lowest BCUT2D eigenvalue weighted by molar-refractivity contribution is 0.192. The Hall–Kier alpha value is -0.800.